The van der Waals surface area contributed by atoms with E-state index in [2.05, 4.69) is 60.0 Å². The second-order valence-electron chi connectivity index (χ2n) is 21.0. The number of hydrogen-bond donors (Lipinski definition) is 2. The predicted octanol–water partition coefficient (Wildman–Crippen LogP) is 11.9. The fraction of sp³-hybridized carbons (Fsp3) is 0.694. The lowest BCUT2D eigenvalue weighted by atomic mass is 9.56. The molecule has 2 saturated carbocycles. The molecule has 372 valence electrons. The minimum absolute atomic E-state index is 0.126. The van der Waals surface area contributed by atoms with Crippen LogP contribution in [-0.2, 0) is 69.6 Å². The molecular weight excluding hydrogens is 1030 g/mol. The summed E-state index contributed by atoms with van der Waals surface area (Å²) in [5.41, 5.74) is 0.356. The smallest absolute Gasteiger partial charge is 0.345 e. The molecule has 17 heteroatoms. The minimum Gasteiger partial charge on any atom is -0.496 e. The van der Waals surface area contributed by atoms with E-state index < -0.39 is 84.8 Å². The van der Waals surface area contributed by atoms with Gasteiger partial charge in [-0.05, 0) is 164 Å². The minimum atomic E-state index is -2.85. The van der Waals surface area contributed by atoms with Crippen LogP contribution in [-0.4, -0.2) is 62.5 Å². The van der Waals surface area contributed by atoms with E-state index in [4.69, 9.17) is 18.9 Å². The number of rotatable bonds is 13. The molecule has 0 aromatic heterocycles. The molecule has 2 fully saturated rings. The van der Waals surface area contributed by atoms with Gasteiger partial charge in [-0.2, -0.15) is 17.6 Å². The van der Waals surface area contributed by atoms with Crippen molar-refractivity contribution in [2.45, 2.75) is 168 Å². The molecule has 4 unspecified atom stereocenters. The van der Waals surface area contributed by atoms with Gasteiger partial charge in [-0.1, -0.05) is 78.3 Å². The summed E-state index contributed by atoms with van der Waals surface area (Å²) < 4.78 is 109. The summed E-state index contributed by atoms with van der Waals surface area (Å²) in [5.74, 6) is -0.684. The molecule has 2 aromatic carbocycles. The Labute approximate surface area is 411 Å². The highest BCUT2D eigenvalue weighted by molar-refractivity contribution is 9.10. The highest BCUT2D eigenvalue weighted by atomic mass is 79.9. The third-order valence-corrected chi connectivity index (χ3v) is 18.3. The van der Waals surface area contributed by atoms with Gasteiger partial charge in [-0.15, -0.1) is 0 Å². The number of alkyl halides is 4. The summed E-state index contributed by atoms with van der Waals surface area (Å²) in [5, 5.41) is 0. The lowest BCUT2D eigenvalue weighted by molar-refractivity contribution is -0.210. The van der Waals surface area contributed by atoms with Crippen molar-refractivity contribution in [3.63, 3.8) is 0 Å². The fourth-order valence-corrected chi connectivity index (χ4v) is 14.6. The molecule has 0 heterocycles. The van der Waals surface area contributed by atoms with Gasteiger partial charge >= 0.3 is 19.2 Å². The van der Waals surface area contributed by atoms with Crippen molar-refractivity contribution in [1.82, 2.24) is 9.44 Å². The Kier molecular flexibility index (Phi) is 17.5. The zero-order valence-corrected chi connectivity index (χ0v) is 45.2. The lowest BCUT2D eigenvalue weighted by Crippen LogP contribution is -2.64. The Hall–Kier alpha value is -1.73. The van der Waals surface area contributed by atoms with Gasteiger partial charge in [0.25, 0.3) is 0 Å². The molecule has 0 saturated heterocycles. The van der Waals surface area contributed by atoms with E-state index in [1.165, 1.54) is 0 Å². The molecule has 0 radical (unpaired) electrons. The van der Waals surface area contributed by atoms with Crippen LogP contribution in [0.1, 0.15) is 131 Å². The molecule has 2 spiro atoms. The highest BCUT2D eigenvalue weighted by Crippen LogP contribution is 2.64. The van der Waals surface area contributed by atoms with Crippen LogP contribution in [0, 0.1) is 34.5 Å². The Morgan fingerprint density at radius 1 is 0.682 bits per heavy atom. The van der Waals surface area contributed by atoms with Crippen LogP contribution in [0.3, 0.4) is 0 Å². The normalized spacial score (nSPS) is 32.7. The van der Waals surface area contributed by atoms with Crippen molar-refractivity contribution in [2.24, 2.45) is 34.5 Å². The first-order chi connectivity index (χ1) is 30.5. The number of carbonyl (C=O) groups excluding carboxylic acids is 1. The summed E-state index contributed by atoms with van der Waals surface area (Å²) >= 11 is 7.13. The van der Waals surface area contributed by atoms with Crippen molar-refractivity contribution in [3.8, 4) is 0 Å². The van der Waals surface area contributed by atoms with Crippen LogP contribution in [0.2, 0.25) is 0 Å². The Morgan fingerprint density at radius 2 is 1.03 bits per heavy atom. The molecular formula is C49H70Br2F4N2O7S2. The van der Waals surface area contributed by atoms with Gasteiger partial charge < -0.3 is 18.9 Å². The number of nitrogens with one attached hydrogen (secondary N) is 2. The number of fused-ring (bicyclic) bond motifs is 2. The molecule has 9 nitrogen and oxygen atoms in total. The molecule has 2 N–H and O–H groups in total. The zero-order chi connectivity index (χ0) is 49.5. The van der Waals surface area contributed by atoms with Crippen molar-refractivity contribution >= 4 is 59.8 Å². The largest absolute Gasteiger partial charge is 0.496 e. The summed E-state index contributed by atoms with van der Waals surface area (Å²) in [7, 11) is -3.02. The third-order valence-electron chi connectivity index (χ3n) is 14.1. The van der Waals surface area contributed by atoms with Crippen molar-refractivity contribution in [3.05, 3.63) is 79.9 Å². The van der Waals surface area contributed by atoms with Gasteiger partial charge in [0.15, 0.2) is 5.54 Å². The first-order valence-electron chi connectivity index (χ1n) is 22.9. The molecule has 0 aliphatic heterocycles. The fourth-order valence-electron chi connectivity index (χ4n) is 11.9. The summed E-state index contributed by atoms with van der Waals surface area (Å²) in [6.07, 6.45) is 2.23. The molecule has 0 amide bonds. The quantitative estimate of drug-likeness (QED) is 0.117. The number of esters is 1. The van der Waals surface area contributed by atoms with Gasteiger partial charge in [0, 0.05) is 19.8 Å². The van der Waals surface area contributed by atoms with Crippen LogP contribution in [0.4, 0.5) is 17.6 Å². The first kappa shape index (κ1) is 55.2. The maximum atomic E-state index is 13.9. The highest BCUT2D eigenvalue weighted by Gasteiger charge is 2.67. The van der Waals surface area contributed by atoms with E-state index in [0.29, 0.717) is 50.9 Å². The number of ether oxygens (including phenoxy) is 4. The average molecular weight is 1100 g/mol. The zero-order valence-electron chi connectivity index (χ0n) is 40.4. The lowest BCUT2D eigenvalue weighted by Gasteiger charge is -2.54. The molecule has 2 aromatic rings. The van der Waals surface area contributed by atoms with Crippen LogP contribution in [0.25, 0.3) is 0 Å². The van der Waals surface area contributed by atoms with Gasteiger partial charge in [0.2, 0.25) is 0 Å². The van der Waals surface area contributed by atoms with Crippen LogP contribution < -0.4 is 9.44 Å². The maximum Gasteiger partial charge on any atom is 0.345 e. The number of carbonyl (C=O) groups is 1. The SMILES string of the molecule is C=C(OCC)[C@]1(N[S@@](=O)C(C)(C)C)c2cc(Br)ccc2CC12C[C@@H](C)C(OC(F)F)[C@@H](C)C2.CCOC(=O)[C@]1(N[S@@](=O)C(C)(C)C)c2cc(Br)ccc2CC12C[C@@H](C)C(OC(F)F)[C@@H](C)C2. The first-order valence-corrected chi connectivity index (χ1v) is 26.8. The topological polar surface area (TPSA) is 112 Å². The predicted molar refractivity (Wildman–Crippen MR) is 260 cm³/mol. The van der Waals surface area contributed by atoms with Gasteiger partial charge in [-0.3, -0.25) is 0 Å². The molecule has 0 bridgehead atoms. The second kappa shape index (κ2) is 20.9. The summed E-state index contributed by atoms with van der Waals surface area (Å²) in [6, 6.07) is 11.9. The van der Waals surface area contributed by atoms with Crippen molar-refractivity contribution in [1.29, 1.82) is 0 Å². The van der Waals surface area contributed by atoms with E-state index in [1.54, 1.807) is 6.92 Å². The Morgan fingerprint density at radius 3 is 1.38 bits per heavy atom. The Bertz CT molecular complexity index is 1970. The maximum absolute atomic E-state index is 13.9. The molecule has 4 aliphatic carbocycles. The van der Waals surface area contributed by atoms with Crippen LogP contribution in [0.15, 0.2) is 57.7 Å². The standard InChI is InChI=1S/C25H36BrF2NO3S.C24H34BrF2NO4S/c1-8-31-17(4)25(29-33(30)23(5,6)7)20-11-19(26)10-9-18(20)14-24(25)12-15(2)21(16(3)13-24)32-22(27)28;1-7-31-20(29)24(28-33(30)22(4,5)6)18-10-17(25)9-8-16(18)13-23(24)11-14(2)19(15(3)12-23)32-21(26)27/h9-11,15-16,21-22,29H,4,8,12-14H2,1-3,5-7H3;8-10,14-15,19,21,28H,7,11-13H2,1-6H3/t15-,16+,21?,24?,25-,33-;14-,15+,19?,23?,24-,33+/m01/s1. The van der Waals surface area contributed by atoms with Crippen molar-refractivity contribution in [2.75, 3.05) is 13.2 Å². The average Bonchev–Trinajstić information content (AvgIpc) is 3.59. The monoisotopic (exact) mass is 1100 g/mol. The van der Waals surface area contributed by atoms with Gasteiger partial charge in [0.1, 0.15) is 11.3 Å². The van der Waals surface area contributed by atoms with E-state index in [1.807, 2.05) is 100 Å². The van der Waals surface area contributed by atoms with E-state index in [-0.39, 0.29) is 30.3 Å². The van der Waals surface area contributed by atoms with E-state index >= 15 is 0 Å². The third kappa shape index (κ3) is 10.6. The second-order valence-corrected chi connectivity index (χ2v) is 26.8. The number of benzene rings is 2. The molecule has 66 heavy (non-hydrogen) atoms. The Balaban J connectivity index is 0.000000247. The molecule has 4 aliphatic rings. The van der Waals surface area contributed by atoms with Gasteiger partial charge in [0.05, 0.1) is 56.9 Å². The number of halogens is 6. The van der Waals surface area contributed by atoms with E-state index in [9.17, 15) is 30.8 Å². The number of hydrogen-bond acceptors (Lipinski definition) is 7. The molecule has 12 atom stereocenters. The summed E-state index contributed by atoms with van der Waals surface area (Å²) in [6.45, 7) is 22.0. The van der Waals surface area contributed by atoms with Gasteiger partial charge in [-0.25, -0.2) is 22.7 Å². The van der Waals surface area contributed by atoms with Crippen molar-refractivity contribution < 1.29 is 49.7 Å². The molecule has 6 rings (SSSR count). The summed E-state index contributed by atoms with van der Waals surface area (Å²) in [4.78, 5) is 13.9. The van der Waals surface area contributed by atoms with Crippen LogP contribution in [0.5, 0.6) is 0 Å². The van der Waals surface area contributed by atoms with Crippen LogP contribution >= 0.6 is 31.9 Å². The van der Waals surface area contributed by atoms with E-state index in [0.717, 1.165) is 31.2 Å².